The number of anilines is 2. The third-order valence-corrected chi connectivity index (χ3v) is 4.88. The summed E-state index contributed by atoms with van der Waals surface area (Å²) in [6.45, 7) is 2.46. The number of amides is 2. The van der Waals surface area contributed by atoms with E-state index in [0.29, 0.717) is 41.2 Å². The molecule has 160 valence electrons. The molecule has 2 amide bonds. The van der Waals surface area contributed by atoms with E-state index in [9.17, 15) is 9.59 Å². The summed E-state index contributed by atoms with van der Waals surface area (Å²) in [5.74, 6) is 0.0295. The molecule has 0 aliphatic rings. The van der Waals surface area contributed by atoms with Crippen molar-refractivity contribution in [1.82, 2.24) is 15.3 Å². The van der Waals surface area contributed by atoms with Crippen LogP contribution in [-0.4, -0.2) is 34.9 Å². The molecule has 7 nitrogen and oxygen atoms in total. The van der Waals surface area contributed by atoms with Gasteiger partial charge in [0.1, 0.15) is 0 Å². The molecule has 0 radical (unpaired) electrons. The van der Waals surface area contributed by atoms with E-state index in [2.05, 4.69) is 25.9 Å². The minimum atomic E-state index is -0.312. The van der Waals surface area contributed by atoms with Gasteiger partial charge in [0, 0.05) is 37.5 Å². The van der Waals surface area contributed by atoms with Crippen molar-refractivity contribution >= 4 is 46.7 Å². The maximum atomic E-state index is 12.3. The van der Waals surface area contributed by atoms with Crippen molar-refractivity contribution in [3.8, 4) is 11.3 Å². The molecule has 31 heavy (non-hydrogen) atoms. The average Bonchev–Trinajstić information content (AvgIpc) is 2.73. The summed E-state index contributed by atoms with van der Waals surface area (Å²) in [5, 5.41) is 9.33. The molecular weight excluding hydrogens is 437 g/mol. The summed E-state index contributed by atoms with van der Waals surface area (Å²) in [5.41, 5.74) is 2.57. The van der Waals surface area contributed by atoms with Crippen LogP contribution in [0.2, 0.25) is 10.0 Å². The van der Waals surface area contributed by atoms with Crippen molar-refractivity contribution < 1.29 is 9.59 Å². The lowest BCUT2D eigenvalue weighted by molar-refractivity contribution is -0.114. The minimum Gasteiger partial charge on any atom is -0.354 e. The number of nitrogens with zero attached hydrogens (tertiary/aromatic N) is 2. The summed E-state index contributed by atoms with van der Waals surface area (Å²) < 4.78 is 0. The van der Waals surface area contributed by atoms with Gasteiger partial charge in [0.15, 0.2) is 0 Å². The van der Waals surface area contributed by atoms with Crippen molar-refractivity contribution in [3.63, 3.8) is 0 Å². The summed E-state index contributed by atoms with van der Waals surface area (Å²) >= 11 is 12.1. The van der Waals surface area contributed by atoms with E-state index in [4.69, 9.17) is 23.2 Å². The number of benzene rings is 2. The van der Waals surface area contributed by atoms with Crippen molar-refractivity contribution in [2.75, 3.05) is 23.7 Å². The second-order valence-electron chi connectivity index (χ2n) is 6.66. The highest BCUT2D eigenvalue weighted by Crippen LogP contribution is 2.24. The van der Waals surface area contributed by atoms with Gasteiger partial charge in [-0.25, -0.2) is 9.97 Å². The topological polar surface area (TPSA) is 96.0 Å². The molecule has 0 fully saturated rings. The Labute approximate surface area is 190 Å². The monoisotopic (exact) mass is 457 g/mol. The zero-order chi connectivity index (χ0) is 22.2. The van der Waals surface area contributed by atoms with Crippen LogP contribution in [0.5, 0.6) is 0 Å². The molecule has 0 saturated heterocycles. The Morgan fingerprint density at radius 3 is 2.48 bits per heavy atom. The van der Waals surface area contributed by atoms with Crippen molar-refractivity contribution in [2.24, 2.45) is 0 Å². The maximum Gasteiger partial charge on any atom is 0.254 e. The fourth-order valence-corrected chi connectivity index (χ4v) is 3.43. The van der Waals surface area contributed by atoms with E-state index in [1.54, 1.807) is 30.5 Å². The van der Waals surface area contributed by atoms with Crippen LogP contribution < -0.4 is 16.0 Å². The van der Waals surface area contributed by atoms with Gasteiger partial charge in [-0.15, -0.1) is 0 Å². The first-order valence-electron chi connectivity index (χ1n) is 9.61. The molecule has 0 unspecified atom stereocenters. The molecule has 3 aromatic rings. The quantitative estimate of drug-likeness (QED) is 0.428. The van der Waals surface area contributed by atoms with Gasteiger partial charge in [0.2, 0.25) is 11.9 Å². The van der Waals surface area contributed by atoms with E-state index >= 15 is 0 Å². The predicted octanol–water partition coefficient (Wildman–Crippen LogP) is 4.64. The number of halogens is 2. The molecule has 0 aliphatic heterocycles. The van der Waals surface area contributed by atoms with Gasteiger partial charge < -0.3 is 16.0 Å². The summed E-state index contributed by atoms with van der Waals surface area (Å²) in [4.78, 5) is 32.3. The van der Waals surface area contributed by atoms with E-state index in [1.165, 1.54) is 6.92 Å². The smallest absolute Gasteiger partial charge is 0.254 e. The first kappa shape index (κ1) is 22.5. The Kier molecular flexibility index (Phi) is 7.81. The van der Waals surface area contributed by atoms with Gasteiger partial charge in [-0.05, 0) is 36.8 Å². The predicted molar refractivity (Wildman–Crippen MR) is 124 cm³/mol. The zero-order valence-electron chi connectivity index (χ0n) is 16.8. The fourth-order valence-electron chi connectivity index (χ4n) is 2.86. The number of rotatable bonds is 8. The maximum absolute atomic E-state index is 12.3. The Bertz CT molecular complexity index is 1070. The van der Waals surface area contributed by atoms with Crippen LogP contribution in [0.1, 0.15) is 23.7 Å². The molecule has 0 spiro atoms. The molecule has 0 atom stereocenters. The second-order valence-corrected chi connectivity index (χ2v) is 7.47. The number of nitrogens with one attached hydrogen (secondary N) is 3. The SMILES string of the molecule is CC(=O)Nc1cccc(-c2ccnc(NCCCNC(=O)c3c(Cl)cccc3Cl)n2)c1. The van der Waals surface area contributed by atoms with Crippen LogP contribution in [0.15, 0.2) is 54.7 Å². The second kappa shape index (κ2) is 10.7. The molecule has 1 heterocycles. The molecule has 2 aromatic carbocycles. The van der Waals surface area contributed by atoms with Crippen LogP contribution in [0.4, 0.5) is 11.6 Å². The van der Waals surface area contributed by atoms with Crippen LogP contribution in [0.3, 0.4) is 0 Å². The average molecular weight is 458 g/mol. The fraction of sp³-hybridized carbons (Fsp3) is 0.182. The van der Waals surface area contributed by atoms with E-state index in [0.717, 1.165) is 11.3 Å². The van der Waals surface area contributed by atoms with E-state index in [-0.39, 0.29) is 17.4 Å². The van der Waals surface area contributed by atoms with Gasteiger partial charge in [0.05, 0.1) is 21.3 Å². The molecule has 1 aromatic heterocycles. The van der Waals surface area contributed by atoms with Crippen molar-refractivity contribution in [3.05, 3.63) is 70.3 Å². The van der Waals surface area contributed by atoms with Crippen LogP contribution in [0.25, 0.3) is 11.3 Å². The first-order chi connectivity index (χ1) is 14.9. The number of carbonyl (C=O) groups excluding carboxylic acids is 2. The van der Waals surface area contributed by atoms with Crippen molar-refractivity contribution in [2.45, 2.75) is 13.3 Å². The van der Waals surface area contributed by atoms with Crippen LogP contribution in [0, 0.1) is 0 Å². The van der Waals surface area contributed by atoms with Gasteiger partial charge >= 0.3 is 0 Å². The van der Waals surface area contributed by atoms with Crippen LogP contribution in [-0.2, 0) is 4.79 Å². The number of hydrogen-bond acceptors (Lipinski definition) is 5. The Hall–Kier alpha value is -3.16. The molecule has 0 aliphatic carbocycles. The highest BCUT2D eigenvalue weighted by Gasteiger charge is 2.13. The van der Waals surface area contributed by atoms with Gasteiger partial charge in [-0.2, -0.15) is 0 Å². The standard InChI is InChI=1S/C22H21Cl2N5O2/c1-14(30)28-16-6-2-5-15(13-16)19-9-12-27-22(29-19)26-11-4-10-25-21(31)20-17(23)7-3-8-18(20)24/h2-3,5-9,12-13H,4,10-11H2,1H3,(H,25,31)(H,28,30)(H,26,27,29). The molecule has 3 rings (SSSR count). The van der Waals surface area contributed by atoms with E-state index < -0.39 is 0 Å². The van der Waals surface area contributed by atoms with E-state index in [1.807, 2.05) is 24.3 Å². The Balaban J connectivity index is 1.52. The molecule has 0 bridgehead atoms. The Morgan fingerprint density at radius 1 is 1.00 bits per heavy atom. The summed E-state index contributed by atoms with van der Waals surface area (Å²) in [6, 6.07) is 14.2. The normalized spacial score (nSPS) is 10.4. The number of hydrogen-bond donors (Lipinski definition) is 3. The largest absolute Gasteiger partial charge is 0.354 e. The lowest BCUT2D eigenvalue weighted by Gasteiger charge is -2.10. The minimum absolute atomic E-state index is 0.133. The number of carbonyl (C=O) groups is 2. The lowest BCUT2D eigenvalue weighted by Crippen LogP contribution is -2.26. The van der Waals surface area contributed by atoms with Gasteiger partial charge in [-0.3, -0.25) is 9.59 Å². The molecule has 9 heteroatoms. The van der Waals surface area contributed by atoms with Gasteiger partial charge in [0.25, 0.3) is 5.91 Å². The lowest BCUT2D eigenvalue weighted by atomic mass is 10.1. The van der Waals surface area contributed by atoms with Crippen molar-refractivity contribution in [1.29, 1.82) is 0 Å². The Morgan fingerprint density at radius 2 is 1.74 bits per heavy atom. The zero-order valence-corrected chi connectivity index (χ0v) is 18.3. The number of aromatic nitrogens is 2. The highest BCUT2D eigenvalue weighted by atomic mass is 35.5. The van der Waals surface area contributed by atoms with Crippen LogP contribution >= 0.6 is 23.2 Å². The summed E-state index contributed by atoms with van der Waals surface area (Å²) in [6.07, 6.45) is 2.32. The van der Waals surface area contributed by atoms with Gasteiger partial charge in [-0.1, -0.05) is 41.4 Å². The third kappa shape index (κ3) is 6.41. The summed E-state index contributed by atoms with van der Waals surface area (Å²) in [7, 11) is 0. The first-order valence-corrected chi connectivity index (χ1v) is 10.4. The highest BCUT2D eigenvalue weighted by molar-refractivity contribution is 6.39. The third-order valence-electron chi connectivity index (χ3n) is 4.25. The molecule has 3 N–H and O–H groups in total. The molecule has 0 saturated carbocycles. The molecular formula is C22H21Cl2N5O2.